The van der Waals surface area contributed by atoms with Crippen LogP contribution in [0.5, 0.6) is 0 Å². The van der Waals surface area contributed by atoms with Gasteiger partial charge in [0, 0.05) is 10.9 Å². The SMILES string of the molecule is CC(=O)c1c(C)nc2sc(C(N)=O)c(N)c2c1/C=C/c1ccccc1. The first-order valence-electron chi connectivity index (χ1n) is 7.66. The van der Waals surface area contributed by atoms with E-state index in [-0.39, 0.29) is 16.3 Å². The smallest absolute Gasteiger partial charge is 0.260 e. The van der Waals surface area contributed by atoms with Crippen LogP contribution in [-0.2, 0) is 0 Å². The summed E-state index contributed by atoms with van der Waals surface area (Å²) in [5.41, 5.74) is 14.6. The molecule has 2 heterocycles. The highest BCUT2D eigenvalue weighted by Crippen LogP contribution is 2.37. The number of rotatable bonds is 4. The van der Waals surface area contributed by atoms with Crippen molar-refractivity contribution in [3.63, 3.8) is 0 Å². The summed E-state index contributed by atoms with van der Waals surface area (Å²) in [6.07, 6.45) is 3.75. The van der Waals surface area contributed by atoms with Crippen molar-refractivity contribution in [1.29, 1.82) is 0 Å². The van der Waals surface area contributed by atoms with E-state index in [1.165, 1.54) is 6.92 Å². The number of amides is 1. The second kappa shape index (κ2) is 6.49. The maximum Gasteiger partial charge on any atom is 0.260 e. The van der Waals surface area contributed by atoms with Gasteiger partial charge >= 0.3 is 0 Å². The normalized spacial score (nSPS) is 11.3. The highest BCUT2D eigenvalue weighted by Gasteiger charge is 2.22. The van der Waals surface area contributed by atoms with E-state index in [1.807, 2.05) is 42.5 Å². The first-order chi connectivity index (χ1) is 11.9. The minimum atomic E-state index is -0.597. The van der Waals surface area contributed by atoms with Crippen molar-refractivity contribution in [3.8, 4) is 0 Å². The number of fused-ring (bicyclic) bond motifs is 1. The fourth-order valence-corrected chi connectivity index (χ4v) is 3.85. The lowest BCUT2D eigenvalue weighted by Gasteiger charge is -2.09. The maximum atomic E-state index is 12.2. The molecule has 0 aliphatic rings. The van der Waals surface area contributed by atoms with Crippen LogP contribution < -0.4 is 11.5 Å². The number of aryl methyl sites for hydroxylation is 1. The Hall–Kier alpha value is -2.99. The summed E-state index contributed by atoms with van der Waals surface area (Å²) in [5.74, 6) is -0.702. The molecule has 0 atom stereocenters. The molecule has 126 valence electrons. The molecule has 1 aromatic carbocycles. The van der Waals surface area contributed by atoms with Crippen LogP contribution in [0.1, 0.15) is 43.8 Å². The van der Waals surface area contributed by atoms with E-state index in [4.69, 9.17) is 11.5 Å². The fraction of sp³-hybridized carbons (Fsp3) is 0.105. The number of benzene rings is 1. The number of nitrogens with two attached hydrogens (primary N) is 2. The minimum Gasteiger partial charge on any atom is -0.397 e. The minimum absolute atomic E-state index is 0.106. The van der Waals surface area contributed by atoms with Crippen molar-refractivity contribution in [3.05, 3.63) is 57.6 Å². The van der Waals surface area contributed by atoms with Crippen molar-refractivity contribution >= 4 is 51.1 Å². The van der Waals surface area contributed by atoms with E-state index in [9.17, 15) is 9.59 Å². The Labute approximate surface area is 149 Å². The van der Waals surface area contributed by atoms with E-state index < -0.39 is 5.91 Å². The largest absolute Gasteiger partial charge is 0.397 e. The summed E-state index contributed by atoms with van der Waals surface area (Å²) < 4.78 is 0. The van der Waals surface area contributed by atoms with Gasteiger partial charge in [-0.3, -0.25) is 9.59 Å². The van der Waals surface area contributed by atoms with Gasteiger partial charge in [0.1, 0.15) is 9.71 Å². The lowest BCUT2D eigenvalue weighted by Crippen LogP contribution is -2.10. The molecule has 1 amide bonds. The number of primary amides is 1. The van der Waals surface area contributed by atoms with Gasteiger partial charge in [0.25, 0.3) is 5.91 Å². The number of hydrogen-bond donors (Lipinski definition) is 2. The number of anilines is 1. The van der Waals surface area contributed by atoms with Crippen LogP contribution in [0.2, 0.25) is 0 Å². The van der Waals surface area contributed by atoms with Crippen LogP contribution in [0.3, 0.4) is 0 Å². The predicted octanol–water partition coefficient (Wildman–Crippen LogP) is 3.66. The molecular weight excluding hydrogens is 334 g/mol. The Morgan fingerprint density at radius 2 is 1.84 bits per heavy atom. The molecule has 2 aromatic heterocycles. The average molecular weight is 351 g/mol. The Morgan fingerprint density at radius 3 is 2.44 bits per heavy atom. The number of carbonyl (C=O) groups excluding carboxylic acids is 2. The Bertz CT molecular complexity index is 1020. The van der Waals surface area contributed by atoms with Gasteiger partial charge in [-0.2, -0.15) is 0 Å². The number of thiophene rings is 1. The standard InChI is InChI=1S/C19H17N3O2S/c1-10-14(11(2)23)13(9-8-12-6-4-3-5-7-12)15-16(20)17(18(21)24)25-19(15)22-10/h3-9H,20H2,1-2H3,(H2,21,24)/b9-8+. The number of pyridine rings is 1. The Balaban J connectivity index is 2.32. The monoisotopic (exact) mass is 351 g/mol. The average Bonchev–Trinajstić information content (AvgIpc) is 2.89. The van der Waals surface area contributed by atoms with Crippen molar-refractivity contribution in [1.82, 2.24) is 4.98 Å². The fourth-order valence-electron chi connectivity index (χ4n) is 2.84. The maximum absolute atomic E-state index is 12.2. The Morgan fingerprint density at radius 1 is 1.16 bits per heavy atom. The van der Waals surface area contributed by atoms with Gasteiger partial charge < -0.3 is 11.5 Å². The van der Waals surface area contributed by atoms with Gasteiger partial charge in [-0.15, -0.1) is 11.3 Å². The summed E-state index contributed by atoms with van der Waals surface area (Å²) in [7, 11) is 0. The quantitative estimate of drug-likeness (QED) is 0.701. The zero-order chi connectivity index (χ0) is 18.1. The van der Waals surface area contributed by atoms with Gasteiger partial charge in [-0.1, -0.05) is 42.5 Å². The topological polar surface area (TPSA) is 99.1 Å². The third kappa shape index (κ3) is 3.04. The summed E-state index contributed by atoms with van der Waals surface area (Å²) in [4.78, 5) is 29.1. The molecule has 0 saturated carbocycles. The van der Waals surface area contributed by atoms with Crippen LogP contribution >= 0.6 is 11.3 Å². The molecule has 0 aliphatic heterocycles. The van der Waals surface area contributed by atoms with Gasteiger partial charge in [0.05, 0.1) is 11.4 Å². The van der Waals surface area contributed by atoms with Crippen molar-refractivity contribution in [2.45, 2.75) is 13.8 Å². The summed E-state index contributed by atoms with van der Waals surface area (Å²) >= 11 is 1.15. The second-order valence-electron chi connectivity index (χ2n) is 5.68. The van der Waals surface area contributed by atoms with E-state index in [1.54, 1.807) is 6.92 Å². The van der Waals surface area contributed by atoms with E-state index in [2.05, 4.69) is 4.98 Å². The number of nitrogen functional groups attached to an aromatic ring is 1. The van der Waals surface area contributed by atoms with Crippen LogP contribution in [0.15, 0.2) is 30.3 Å². The summed E-state index contributed by atoms with van der Waals surface area (Å²) in [6, 6.07) is 9.72. The van der Waals surface area contributed by atoms with Crippen molar-refractivity contribution in [2.75, 3.05) is 5.73 Å². The van der Waals surface area contributed by atoms with Crippen LogP contribution in [-0.4, -0.2) is 16.7 Å². The molecule has 0 radical (unpaired) electrons. The van der Waals surface area contributed by atoms with Crippen molar-refractivity contribution in [2.24, 2.45) is 5.73 Å². The lowest BCUT2D eigenvalue weighted by molar-refractivity contribution is 0.0999. The van der Waals surface area contributed by atoms with E-state index in [0.29, 0.717) is 27.0 Å². The highest BCUT2D eigenvalue weighted by atomic mass is 32.1. The first kappa shape index (κ1) is 16.9. The highest BCUT2D eigenvalue weighted by molar-refractivity contribution is 7.21. The molecule has 0 saturated heterocycles. The third-order valence-electron chi connectivity index (χ3n) is 3.91. The van der Waals surface area contributed by atoms with Crippen LogP contribution in [0, 0.1) is 6.92 Å². The molecule has 0 bridgehead atoms. The number of carbonyl (C=O) groups is 2. The van der Waals surface area contributed by atoms with Gasteiger partial charge in [-0.05, 0) is 25.0 Å². The van der Waals surface area contributed by atoms with E-state index >= 15 is 0 Å². The summed E-state index contributed by atoms with van der Waals surface area (Å²) in [5, 5.41) is 0.599. The van der Waals surface area contributed by atoms with Crippen LogP contribution in [0.25, 0.3) is 22.4 Å². The van der Waals surface area contributed by atoms with Crippen LogP contribution in [0.4, 0.5) is 5.69 Å². The molecule has 3 aromatic rings. The van der Waals surface area contributed by atoms with Gasteiger partial charge in [0.15, 0.2) is 5.78 Å². The zero-order valence-corrected chi connectivity index (χ0v) is 14.7. The molecule has 3 rings (SSSR count). The van der Waals surface area contributed by atoms with Gasteiger partial charge in [-0.25, -0.2) is 4.98 Å². The number of aromatic nitrogens is 1. The number of nitrogens with zero attached hydrogens (tertiary/aromatic N) is 1. The number of hydrogen-bond acceptors (Lipinski definition) is 5. The molecular formula is C19H17N3O2S. The third-order valence-corrected chi connectivity index (χ3v) is 5.03. The molecule has 25 heavy (non-hydrogen) atoms. The lowest BCUT2D eigenvalue weighted by atomic mass is 9.98. The van der Waals surface area contributed by atoms with Gasteiger partial charge in [0.2, 0.25) is 0 Å². The molecule has 0 aliphatic carbocycles. The zero-order valence-electron chi connectivity index (χ0n) is 13.9. The second-order valence-corrected chi connectivity index (χ2v) is 6.67. The molecule has 0 spiro atoms. The number of Topliss-reactive ketones (excluding diaryl/α,β-unsaturated/α-hetero) is 1. The predicted molar refractivity (Wildman–Crippen MR) is 103 cm³/mol. The van der Waals surface area contributed by atoms with E-state index in [0.717, 1.165) is 16.9 Å². The molecule has 0 fully saturated rings. The Kier molecular flexibility index (Phi) is 4.37. The molecule has 5 nitrogen and oxygen atoms in total. The van der Waals surface area contributed by atoms with Crippen molar-refractivity contribution < 1.29 is 9.59 Å². The molecule has 0 unspecified atom stereocenters. The summed E-state index contributed by atoms with van der Waals surface area (Å²) in [6.45, 7) is 3.27. The molecule has 6 heteroatoms. The molecule has 4 N–H and O–H groups in total. The number of ketones is 1. The first-order valence-corrected chi connectivity index (χ1v) is 8.48.